The summed E-state index contributed by atoms with van der Waals surface area (Å²) in [5.41, 5.74) is 29.8. The summed E-state index contributed by atoms with van der Waals surface area (Å²) < 4.78 is 12.5. The van der Waals surface area contributed by atoms with Crippen LogP contribution in [0.3, 0.4) is 0 Å². The summed E-state index contributed by atoms with van der Waals surface area (Å²) in [5, 5.41) is 92.0. The molecule has 0 amide bonds. The third kappa shape index (κ3) is 10.5. The summed E-state index contributed by atoms with van der Waals surface area (Å²) >= 11 is 0. The van der Waals surface area contributed by atoms with E-state index in [9.17, 15) is 26.0 Å². The number of nitrogens with zero attached hydrogens (tertiary/aromatic N) is 24. The molecule has 10 N–H and O–H groups in total. The third-order valence-corrected chi connectivity index (χ3v) is 18.0. The van der Waals surface area contributed by atoms with Gasteiger partial charge in [-0.25, -0.2) is 28.5 Å². The van der Waals surface area contributed by atoms with Crippen molar-refractivity contribution in [3.05, 3.63) is 110 Å². The van der Waals surface area contributed by atoms with E-state index in [1.807, 2.05) is 70.3 Å². The van der Waals surface area contributed by atoms with Gasteiger partial charge in [0, 0.05) is 70.1 Å². The van der Waals surface area contributed by atoms with Gasteiger partial charge in [-0.3, -0.25) is 38.7 Å². The van der Waals surface area contributed by atoms with E-state index < -0.39 is 0 Å². The second kappa shape index (κ2) is 23.3. The van der Waals surface area contributed by atoms with E-state index in [4.69, 9.17) is 32.2 Å². The molecule has 16 rings (SSSR count). The Kier molecular flexibility index (Phi) is 14.8. The zero-order valence-corrected chi connectivity index (χ0v) is 50.5. The number of rotatable bonds is 17. The Hall–Kier alpha value is -11.2. The highest BCUT2D eigenvalue weighted by Gasteiger charge is 2.48. The van der Waals surface area contributed by atoms with E-state index in [0.717, 1.165) is 97.8 Å². The van der Waals surface area contributed by atoms with Gasteiger partial charge in [0.25, 0.3) is 0 Å². The Labute approximate surface area is 524 Å². The highest BCUT2D eigenvalue weighted by atomic mass is 16.3. The fourth-order valence-electron chi connectivity index (χ4n) is 12.7. The lowest BCUT2D eigenvalue weighted by atomic mass is 9.75. The molecule has 4 fully saturated rings. The van der Waals surface area contributed by atoms with Gasteiger partial charge in [0.1, 0.15) is 50.9 Å². The van der Waals surface area contributed by atoms with Crippen molar-refractivity contribution in [1.82, 2.24) is 113 Å². The molecular formula is C61H65N29O2. The number of H-pyrrole nitrogens is 2. The van der Waals surface area contributed by atoms with Crippen molar-refractivity contribution in [2.75, 3.05) is 56.5 Å². The number of nitriles is 3. The maximum Gasteiger partial charge on any atom is 0.155 e. The van der Waals surface area contributed by atoms with Gasteiger partial charge in [-0.2, -0.15) is 61.7 Å². The number of nitrogen functional groups attached to an aromatic ring is 3. The molecule has 0 aromatic carbocycles. The fourth-order valence-corrected chi connectivity index (χ4v) is 12.7. The highest BCUT2D eigenvalue weighted by molar-refractivity contribution is 5.86. The minimum absolute atomic E-state index is 0.137. The molecule has 2 saturated heterocycles. The van der Waals surface area contributed by atoms with Gasteiger partial charge in [0.2, 0.25) is 0 Å². The standard InChI is InChI=1S/C22H24N10O.C20H22N10O.C19H19N9/c23-5-4-22(12-30(13-22)8-14-1-2-14)32-9-16(21(24)29-32)20-19-3-6-25-31(19)10-18(26-20)17-7-15(11-33)27-28-17;1-2-28-11-20(12-28,4-5-21)30-8-14(19(22)27-30)18-17-3-6-23-29(17)9-16(24-18)15-7-13(10-31)25-26-15;1-26-10-13(9-23-26)15-12-27-16(3-8-22-27)17(24-15)14-11-28(25-18(14)21)19(6-7-20)4-2-5-19/h3,6-7,9-10,14,33H,1-2,4,8,11-13H2,(H2,24,29)(H,27,28);3,6-9,31H,2,4,10-12H2,1H3,(H2,22,27)(H,25,26);3,8-12H,2,4-6H2,1H3,(H2,21,25). The van der Waals surface area contributed by atoms with Crippen LogP contribution in [0.15, 0.2) is 98.5 Å². The van der Waals surface area contributed by atoms with Crippen LogP contribution in [-0.2, 0) is 36.9 Å². The van der Waals surface area contributed by atoms with Crippen LogP contribution in [0.2, 0.25) is 0 Å². The number of likely N-dealkylation sites (N-methyl/N-ethyl adjacent to an activating group) is 1. The molecule has 0 bridgehead atoms. The van der Waals surface area contributed by atoms with Gasteiger partial charge in [0.05, 0.1) is 150 Å². The molecule has 0 atom stereocenters. The first-order chi connectivity index (χ1) is 44.7. The van der Waals surface area contributed by atoms with Crippen molar-refractivity contribution in [1.29, 1.82) is 15.8 Å². The molecule has 2 aliphatic heterocycles. The Morgan fingerprint density at radius 1 is 0.554 bits per heavy atom. The molecule has 466 valence electrons. The van der Waals surface area contributed by atoms with Gasteiger partial charge in [0.15, 0.2) is 17.5 Å². The van der Waals surface area contributed by atoms with E-state index in [1.165, 1.54) is 12.8 Å². The van der Waals surface area contributed by atoms with Crippen LogP contribution >= 0.6 is 0 Å². The summed E-state index contributed by atoms with van der Waals surface area (Å²) in [6.07, 6.45) is 26.7. The molecule has 12 aromatic rings. The first kappa shape index (κ1) is 58.5. The second-order valence-electron chi connectivity index (χ2n) is 24.2. The Balaban J connectivity index is 0.000000120. The monoisotopic (exact) mass is 1240 g/mol. The number of nitrogens with one attached hydrogen (secondary N) is 2. The number of fused-ring (bicyclic) bond motifs is 3. The molecular weight excluding hydrogens is 1170 g/mol. The van der Waals surface area contributed by atoms with Crippen LogP contribution < -0.4 is 17.2 Å². The fraction of sp³-hybridized carbons (Fsp3) is 0.361. The number of anilines is 3. The normalized spacial score (nSPS) is 16.4. The summed E-state index contributed by atoms with van der Waals surface area (Å²) in [5.74, 6) is 1.92. The Morgan fingerprint density at radius 3 is 1.36 bits per heavy atom. The molecule has 0 unspecified atom stereocenters. The predicted molar refractivity (Wildman–Crippen MR) is 335 cm³/mol. The van der Waals surface area contributed by atoms with E-state index >= 15 is 0 Å². The molecule has 92 heavy (non-hydrogen) atoms. The van der Waals surface area contributed by atoms with Crippen LogP contribution in [0.1, 0.15) is 69.7 Å². The minimum atomic E-state index is -0.385. The second-order valence-corrected chi connectivity index (χ2v) is 24.2. The lowest BCUT2D eigenvalue weighted by molar-refractivity contribution is 0.00238. The van der Waals surface area contributed by atoms with Crippen LogP contribution in [0, 0.1) is 39.9 Å². The Bertz CT molecular complexity index is 4830. The molecule has 0 radical (unpaired) electrons. The number of aromatic amines is 2. The SMILES string of the molecule is CCN1CC(CC#N)(n2cc(-c3nc(-c4cc(CO)[nH]n4)cn4nccc34)c(N)n2)C1.Cn1cc(-c2cn3nccc3c(-c3cn(C4(CC#N)CCC4)nc3N)n2)cn1.N#CCC1(n2cc(-c3nc(-c4cc(CO)[nH]n4)cn4nccc34)c(N)n2)CN(CC2CC2)C1. The molecule has 31 heteroatoms. The third-order valence-electron chi connectivity index (χ3n) is 18.0. The highest BCUT2D eigenvalue weighted by Crippen LogP contribution is 2.44. The molecule has 12 aromatic heterocycles. The number of hydrogen-bond acceptors (Lipinski definition) is 22. The molecule has 4 aliphatic rings. The van der Waals surface area contributed by atoms with Gasteiger partial charge in [-0.05, 0) is 74.9 Å². The largest absolute Gasteiger partial charge is 0.390 e. The lowest BCUT2D eigenvalue weighted by Crippen LogP contribution is -2.63. The quantitative estimate of drug-likeness (QED) is 0.0646. The summed E-state index contributed by atoms with van der Waals surface area (Å²) in [7, 11) is 1.87. The van der Waals surface area contributed by atoms with Crippen molar-refractivity contribution >= 4 is 34.0 Å². The van der Waals surface area contributed by atoms with Gasteiger partial charge in [-0.1, -0.05) is 6.92 Å². The van der Waals surface area contributed by atoms with Crippen LogP contribution in [-0.4, -0.2) is 163 Å². The number of aliphatic hydroxyl groups excluding tert-OH is 2. The number of aromatic nitrogens is 21. The minimum Gasteiger partial charge on any atom is -0.390 e. The summed E-state index contributed by atoms with van der Waals surface area (Å²) in [6, 6.07) is 16.1. The maximum absolute atomic E-state index is 9.51. The van der Waals surface area contributed by atoms with E-state index in [1.54, 1.807) is 67.5 Å². The molecule has 2 aliphatic carbocycles. The van der Waals surface area contributed by atoms with Crippen molar-refractivity contribution < 1.29 is 10.2 Å². The molecule has 14 heterocycles. The van der Waals surface area contributed by atoms with E-state index in [2.05, 4.69) is 91.0 Å². The predicted octanol–water partition coefficient (Wildman–Crippen LogP) is 4.76. The van der Waals surface area contributed by atoms with Crippen LogP contribution in [0.5, 0.6) is 0 Å². The van der Waals surface area contributed by atoms with Gasteiger partial charge in [-0.15, -0.1) is 0 Å². The van der Waals surface area contributed by atoms with Gasteiger partial charge < -0.3 is 27.4 Å². The summed E-state index contributed by atoms with van der Waals surface area (Å²) in [6.45, 7) is 6.94. The lowest BCUT2D eigenvalue weighted by Gasteiger charge is -2.49. The van der Waals surface area contributed by atoms with Crippen LogP contribution in [0.4, 0.5) is 17.5 Å². The zero-order valence-electron chi connectivity index (χ0n) is 50.5. The van der Waals surface area contributed by atoms with Crippen molar-refractivity contribution in [2.45, 2.75) is 88.1 Å². The van der Waals surface area contributed by atoms with E-state index in [0.29, 0.717) is 99.1 Å². The zero-order chi connectivity index (χ0) is 63.5. The molecule has 31 nitrogen and oxygen atoms in total. The topological polar surface area (TPSA) is 416 Å². The average Bonchev–Trinajstić information content (AvgIpc) is 1.53. The van der Waals surface area contributed by atoms with Crippen molar-refractivity contribution in [2.24, 2.45) is 13.0 Å². The number of aryl methyl sites for hydroxylation is 1. The van der Waals surface area contributed by atoms with Crippen molar-refractivity contribution in [3.8, 4) is 86.0 Å². The maximum atomic E-state index is 9.51. The summed E-state index contributed by atoms with van der Waals surface area (Å²) in [4.78, 5) is 19.2. The number of hydrogen-bond donors (Lipinski definition) is 7. The van der Waals surface area contributed by atoms with Crippen LogP contribution in [0.25, 0.3) is 84.4 Å². The average molecular weight is 1240 g/mol. The number of nitrogens with two attached hydrogens (primary N) is 3. The van der Waals surface area contributed by atoms with Gasteiger partial charge >= 0.3 is 0 Å². The molecule has 0 spiro atoms. The Morgan fingerprint density at radius 2 is 0.978 bits per heavy atom. The first-order valence-corrected chi connectivity index (χ1v) is 30.2. The molecule has 2 saturated carbocycles. The number of aliphatic hydroxyl groups is 2. The number of likely N-dealkylation sites (tertiary alicyclic amines) is 2. The first-order valence-electron chi connectivity index (χ1n) is 30.2. The van der Waals surface area contributed by atoms with Crippen molar-refractivity contribution in [3.63, 3.8) is 0 Å². The van der Waals surface area contributed by atoms with E-state index in [-0.39, 0.29) is 29.8 Å². The smallest absolute Gasteiger partial charge is 0.155 e.